The van der Waals surface area contributed by atoms with E-state index in [0.717, 1.165) is 11.1 Å². The average molecular weight is 351 g/mol. The fourth-order valence-electron chi connectivity index (χ4n) is 2.52. The lowest BCUT2D eigenvalue weighted by Gasteiger charge is -2.09. The first-order chi connectivity index (χ1) is 12.6. The van der Waals surface area contributed by atoms with Crippen LogP contribution in [0.2, 0.25) is 0 Å². The second-order valence-electron chi connectivity index (χ2n) is 5.73. The highest BCUT2D eigenvalue weighted by Crippen LogP contribution is 2.13. The van der Waals surface area contributed by atoms with Gasteiger partial charge in [-0.2, -0.15) is 5.10 Å². The molecule has 2 N–H and O–H groups in total. The Morgan fingerprint density at radius 2 is 1.77 bits per heavy atom. The van der Waals surface area contributed by atoms with Crippen molar-refractivity contribution >= 4 is 22.6 Å². The smallest absolute Gasteiger partial charge is 0.359 e. The minimum absolute atomic E-state index is 0.0353. The van der Waals surface area contributed by atoms with E-state index < -0.39 is 24.0 Å². The quantitative estimate of drug-likeness (QED) is 0.682. The Morgan fingerprint density at radius 1 is 1.08 bits per heavy atom. The molecular weight excluding hydrogens is 334 g/mol. The molecule has 0 fully saturated rings. The molecule has 3 aromatic rings. The number of hydrogen-bond donors (Lipinski definition) is 2. The lowest BCUT2D eigenvalue weighted by molar-refractivity contribution is -0.124. The predicted octanol–water partition coefficient (Wildman–Crippen LogP) is 1.70. The number of aromatic nitrogens is 2. The second-order valence-corrected chi connectivity index (χ2v) is 5.73. The van der Waals surface area contributed by atoms with Gasteiger partial charge in [0.15, 0.2) is 12.3 Å². The van der Waals surface area contributed by atoms with Crippen LogP contribution < -0.4 is 10.9 Å². The molecule has 0 aliphatic carbocycles. The number of ether oxygens (including phenoxy) is 1. The number of amides is 1. The minimum Gasteiger partial charge on any atom is -0.451 e. The Balaban J connectivity index is 1.62. The Morgan fingerprint density at radius 3 is 2.54 bits per heavy atom. The summed E-state index contributed by atoms with van der Waals surface area (Å²) in [5.41, 5.74) is 1.62. The van der Waals surface area contributed by atoms with Gasteiger partial charge in [-0.1, -0.05) is 42.5 Å². The summed E-state index contributed by atoms with van der Waals surface area (Å²) in [6.45, 7) is 1.87. The van der Waals surface area contributed by atoms with Crippen LogP contribution in [0.1, 0.15) is 21.6 Å². The Labute approximate surface area is 149 Å². The molecule has 0 unspecified atom stereocenters. The number of fused-ring (bicyclic) bond motifs is 1. The number of aryl methyl sites for hydroxylation is 1. The van der Waals surface area contributed by atoms with Crippen LogP contribution in [0.3, 0.4) is 0 Å². The number of benzene rings is 2. The van der Waals surface area contributed by atoms with Crippen LogP contribution in [-0.4, -0.2) is 28.7 Å². The maximum absolute atomic E-state index is 12.2. The number of carbonyl (C=O) groups excluding carboxylic acids is 2. The molecule has 7 heteroatoms. The molecule has 1 aromatic heterocycles. The van der Waals surface area contributed by atoms with Crippen molar-refractivity contribution in [3.8, 4) is 0 Å². The van der Waals surface area contributed by atoms with Crippen molar-refractivity contribution in [1.82, 2.24) is 15.5 Å². The van der Waals surface area contributed by atoms with Crippen molar-refractivity contribution in [3.63, 3.8) is 0 Å². The first-order valence-electron chi connectivity index (χ1n) is 8.02. The Bertz CT molecular complexity index is 1030. The zero-order chi connectivity index (χ0) is 18.5. The van der Waals surface area contributed by atoms with Crippen molar-refractivity contribution in [3.05, 3.63) is 75.7 Å². The summed E-state index contributed by atoms with van der Waals surface area (Å²) in [6, 6.07) is 14.2. The fourth-order valence-corrected chi connectivity index (χ4v) is 2.52. The van der Waals surface area contributed by atoms with Gasteiger partial charge < -0.3 is 10.1 Å². The molecule has 7 nitrogen and oxygen atoms in total. The minimum atomic E-state index is -0.775. The van der Waals surface area contributed by atoms with E-state index in [1.54, 1.807) is 24.3 Å². The van der Waals surface area contributed by atoms with Gasteiger partial charge in [0.1, 0.15) is 0 Å². The van der Waals surface area contributed by atoms with Gasteiger partial charge >= 0.3 is 5.97 Å². The summed E-state index contributed by atoms with van der Waals surface area (Å²) in [5.74, 6) is -1.20. The molecule has 0 aliphatic heterocycles. The molecule has 2 aromatic carbocycles. The lowest BCUT2D eigenvalue weighted by atomic mass is 10.1. The third-order valence-electron chi connectivity index (χ3n) is 3.96. The number of aromatic amines is 1. The topological polar surface area (TPSA) is 101 Å². The largest absolute Gasteiger partial charge is 0.451 e. The maximum Gasteiger partial charge on any atom is 0.359 e. The van der Waals surface area contributed by atoms with Crippen molar-refractivity contribution in [2.75, 3.05) is 6.61 Å². The number of carbonyl (C=O) groups is 2. The molecule has 1 amide bonds. The molecule has 26 heavy (non-hydrogen) atoms. The molecule has 3 rings (SSSR count). The van der Waals surface area contributed by atoms with Gasteiger partial charge in [0.05, 0.1) is 5.39 Å². The van der Waals surface area contributed by atoms with E-state index in [1.165, 1.54) is 0 Å². The molecule has 0 atom stereocenters. The van der Waals surface area contributed by atoms with Crippen molar-refractivity contribution in [2.45, 2.75) is 13.5 Å². The summed E-state index contributed by atoms with van der Waals surface area (Å²) in [5, 5.41) is 9.41. The van der Waals surface area contributed by atoms with E-state index in [2.05, 4.69) is 15.5 Å². The highest BCUT2D eigenvalue weighted by Gasteiger charge is 2.16. The molecule has 1 heterocycles. The van der Waals surface area contributed by atoms with E-state index in [4.69, 9.17) is 4.74 Å². The zero-order valence-corrected chi connectivity index (χ0v) is 14.1. The van der Waals surface area contributed by atoms with Gasteiger partial charge in [0, 0.05) is 11.9 Å². The monoisotopic (exact) mass is 351 g/mol. The number of rotatable bonds is 5. The Hall–Kier alpha value is -3.48. The van der Waals surface area contributed by atoms with Crippen molar-refractivity contribution in [2.24, 2.45) is 0 Å². The molecular formula is C19H17N3O4. The number of H-pyrrole nitrogens is 1. The van der Waals surface area contributed by atoms with E-state index in [0.29, 0.717) is 17.3 Å². The van der Waals surface area contributed by atoms with Crippen molar-refractivity contribution < 1.29 is 14.3 Å². The van der Waals surface area contributed by atoms with E-state index >= 15 is 0 Å². The number of esters is 1. The van der Waals surface area contributed by atoms with Crippen LogP contribution in [0.25, 0.3) is 10.8 Å². The summed E-state index contributed by atoms with van der Waals surface area (Å²) in [7, 11) is 0. The average Bonchev–Trinajstić information content (AvgIpc) is 2.66. The SMILES string of the molecule is Cc1ccccc1CNC(=O)COC(=O)c1n[nH]c(=O)c2ccccc12. The molecule has 0 saturated heterocycles. The first kappa shape index (κ1) is 17.3. The standard InChI is InChI=1S/C19H17N3O4/c1-12-6-2-3-7-13(12)10-20-16(23)11-26-19(25)17-14-8-4-5-9-15(14)18(24)22-21-17/h2-9H,10-11H2,1H3,(H,20,23)(H,22,24). The van der Waals surface area contributed by atoms with Crippen molar-refractivity contribution in [1.29, 1.82) is 0 Å². The highest BCUT2D eigenvalue weighted by molar-refractivity contribution is 6.02. The molecule has 0 aliphatic rings. The van der Waals surface area contributed by atoms with Crippen LogP contribution in [-0.2, 0) is 16.1 Å². The molecule has 132 valence electrons. The van der Waals surface area contributed by atoms with Crippen LogP contribution >= 0.6 is 0 Å². The molecule has 0 bridgehead atoms. The van der Waals surface area contributed by atoms with Crippen LogP contribution in [0.15, 0.2) is 53.3 Å². The van der Waals surface area contributed by atoms with Gasteiger partial charge in [0.2, 0.25) is 0 Å². The van der Waals surface area contributed by atoms with Gasteiger partial charge in [-0.3, -0.25) is 9.59 Å². The summed E-state index contributed by atoms with van der Waals surface area (Å²) in [6.07, 6.45) is 0. The second kappa shape index (κ2) is 7.60. The lowest BCUT2D eigenvalue weighted by Crippen LogP contribution is -2.29. The summed E-state index contributed by atoms with van der Waals surface area (Å²) in [4.78, 5) is 35.9. The van der Waals surface area contributed by atoms with Crippen LogP contribution in [0, 0.1) is 6.92 Å². The molecule has 0 saturated carbocycles. The molecule has 0 radical (unpaired) electrons. The predicted molar refractivity (Wildman–Crippen MR) is 95.7 cm³/mol. The zero-order valence-electron chi connectivity index (χ0n) is 14.1. The van der Waals surface area contributed by atoms with E-state index in [1.807, 2.05) is 31.2 Å². The normalized spacial score (nSPS) is 10.5. The van der Waals surface area contributed by atoms with Gasteiger partial charge in [-0.05, 0) is 24.1 Å². The third kappa shape index (κ3) is 3.77. The summed E-state index contributed by atoms with van der Waals surface area (Å²) < 4.78 is 5.02. The van der Waals surface area contributed by atoms with E-state index in [-0.39, 0.29) is 5.69 Å². The van der Waals surface area contributed by atoms with Crippen LogP contribution in [0.4, 0.5) is 0 Å². The number of nitrogens with one attached hydrogen (secondary N) is 2. The maximum atomic E-state index is 12.2. The fraction of sp³-hybridized carbons (Fsp3) is 0.158. The van der Waals surface area contributed by atoms with Gasteiger partial charge in [-0.25, -0.2) is 9.89 Å². The molecule has 0 spiro atoms. The van der Waals surface area contributed by atoms with Crippen LogP contribution in [0.5, 0.6) is 0 Å². The van der Waals surface area contributed by atoms with E-state index in [9.17, 15) is 14.4 Å². The summed E-state index contributed by atoms with van der Waals surface area (Å²) >= 11 is 0. The number of hydrogen-bond acceptors (Lipinski definition) is 5. The van der Waals surface area contributed by atoms with Gasteiger partial charge in [0.25, 0.3) is 11.5 Å². The first-order valence-corrected chi connectivity index (χ1v) is 8.02. The Kier molecular flexibility index (Phi) is 5.07. The third-order valence-corrected chi connectivity index (χ3v) is 3.96. The highest BCUT2D eigenvalue weighted by atomic mass is 16.5. The number of nitrogens with zero attached hydrogens (tertiary/aromatic N) is 1. The van der Waals surface area contributed by atoms with Gasteiger partial charge in [-0.15, -0.1) is 0 Å².